The van der Waals surface area contributed by atoms with Crippen LogP contribution in [0.25, 0.3) is 0 Å². The van der Waals surface area contributed by atoms with Crippen molar-refractivity contribution in [2.24, 2.45) is 7.05 Å². The molecule has 0 unspecified atom stereocenters. The molecule has 1 aliphatic heterocycles. The number of nitrogens with zero attached hydrogens (tertiary/aromatic N) is 2. The average molecular weight is 324 g/mol. The van der Waals surface area contributed by atoms with Crippen LogP contribution in [-0.4, -0.2) is 27.5 Å². The van der Waals surface area contributed by atoms with Crippen LogP contribution in [0.4, 0.5) is 0 Å². The molecule has 5 nitrogen and oxygen atoms in total. The van der Waals surface area contributed by atoms with Crippen molar-refractivity contribution in [2.45, 2.75) is 50.2 Å². The first kappa shape index (κ1) is 15.4. The van der Waals surface area contributed by atoms with Crippen molar-refractivity contribution in [3.8, 4) is 0 Å². The Morgan fingerprint density at radius 1 is 1.21 bits per heavy atom. The Morgan fingerprint density at radius 3 is 2.83 bits per heavy atom. The monoisotopic (exact) mass is 324 g/mol. The molecule has 0 saturated carbocycles. The molecule has 5 heteroatoms. The first-order chi connectivity index (χ1) is 11.7. The van der Waals surface area contributed by atoms with E-state index in [0.29, 0.717) is 12.5 Å². The van der Waals surface area contributed by atoms with Gasteiger partial charge in [-0.05, 0) is 36.8 Å². The van der Waals surface area contributed by atoms with E-state index in [1.807, 2.05) is 17.8 Å². The Morgan fingerprint density at radius 2 is 2.04 bits per heavy atom. The highest BCUT2D eigenvalue weighted by atomic mass is 16.1. The van der Waals surface area contributed by atoms with Gasteiger partial charge in [-0.1, -0.05) is 24.3 Å². The van der Waals surface area contributed by atoms with Gasteiger partial charge < -0.3 is 15.2 Å². The fourth-order valence-corrected chi connectivity index (χ4v) is 4.07. The lowest BCUT2D eigenvalue weighted by Crippen LogP contribution is -2.52. The molecular formula is C19H24N4O. The van der Waals surface area contributed by atoms with E-state index in [4.69, 9.17) is 0 Å². The molecule has 1 amide bonds. The van der Waals surface area contributed by atoms with Crippen molar-refractivity contribution in [1.29, 1.82) is 0 Å². The largest absolute Gasteiger partial charge is 0.346 e. The van der Waals surface area contributed by atoms with E-state index in [2.05, 4.69) is 39.9 Å². The molecule has 3 atom stereocenters. The number of aryl methyl sites for hydroxylation is 2. The van der Waals surface area contributed by atoms with Crippen molar-refractivity contribution in [3.63, 3.8) is 0 Å². The van der Waals surface area contributed by atoms with Crippen molar-refractivity contribution < 1.29 is 4.79 Å². The minimum Gasteiger partial charge on any atom is -0.346 e. The van der Waals surface area contributed by atoms with Crippen molar-refractivity contribution in [2.75, 3.05) is 0 Å². The Balaban J connectivity index is 1.50. The van der Waals surface area contributed by atoms with Crippen LogP contribution in [0.1, 0.15) is 42.1 Å². The topological polar surface area (TPSA) is 59.0 Å². The van der Waals surface area contributed by atoms with Crippen LogP contribution in [0.3, 0.4) is 0 Å². The zero-order valence-electron chi connectivity index (χ0n) is 14.0. The number of fused-ring (bicyclic) bond motifs is 1. The molecule has 0 spiro atoms. The smallest absolute Gasteiger partial charge is 0.220 e. The zero-order chi connectivity index (χ0) is 16.5. The van der Waals surface area contributed by atoms with Gasteiger partial charge in [-0.3, -0.25) is 4.79 Å². The first-order valence-electron chi connectivity index (χ1n) is 8.79. The number of carbonyl (C=O) groups excluding carboxylic acids is 1. The van der Waals surface area contributed by atoms with Gasteiger partial charge in [0.05, 0.1) is 24.3 Å². The van der Waals surface area contributed by atoms with E-state index >= 15 is 0 Å². The van der Waals surface area contributed by atoms with Crippen LogP contribution < -0.4 is 10.6 Å². The molecule has 1 saturated heterocycles. The van der Waals surface area contributed by atoms with Gasteiger partial charge in [-0.25, -0.2) is 4.98 Å². The summed E-state index contributed by atoms with van der Waals surface area (Å²) >= 11 is 0. The van der Waals surface area contributed by atoms with Crippen molar-refractivity contribution >= 4 is 5.91 Å². The summed E-state index contributed by atoms with van der Waals surface area (Å²) in [5, 5.41) is 6.99. The summed E-state index contributed by atoms with van der Waals surface area (Å²) in [6, 6.07) is 9.46. The third kappa shape index (κ3) is 2.96. The molecular weight excluding hydrogens is 300 g/mol. The molecule has 4 rings (SSSR count). The average Bonchev–Trinajstić information content (AvgIpc) is 3.02. The summed E-state index contributed by atoms with van der Waals surface area (Å²) in [5.74, 6) is 0.133. The third-order valence-corrected chi connectivity index (χ3v) is 5.37. The van der Waals surface area contributed by atoms with Gasteiger partial charge in [0.25, 0.3) is 0 Å². The standard InChI is InChI=1S/C19H24N4O/c1-23-12-20-11-17(23)19-16(8-9-18(24)22-19)21-15-7-6-13-4-2-3-5-14(13)10-15/h2-5,11-12,15-16,19,21H,6-10H2,1H3,(H,22,24)/t15-,16+,19+/m0/s1. The van der Waals surface area contributed by atoms with Gasteiger partial charge >= 0.3 is 0 Å². The maximum absolute atomic E-state index is 11.9. The zero-order valence-corrected chi connectivity index (χ0v) is 14.0. The highest BCUT2D eigenvalue weighted by molar-refractivity contribution is 5.77. The molecule has 1 aromatic heterocycles. The number of nitrogens with one attached hydrogen (secondary N) is 2. The number of benzene rings is 1. The number of hydrogen-bond donors (Lipinski definition) is 2. The first-order valence-corrected chi connectivity index (χ1v) is 8.79. The van der Waals surface area contributed by atoms with Gasteiger partial charge in [0.1, 0.15) is 0 Å². The second kappa shape index (κ2) is 6.40. The molecule has 2 N–H and O–H groups in total. The second-order valence-corrected chi connectivity index (χ2v) is 6.99. The van der Waals surface area contributed by atoms with Gasteiger partial charge in [0.2, 0.25) is 5.91 Å². The Kier molecular flexibility index (Phi) is 4.10. The fourth-order valence-electron chi connectivity index (χ4n) is 4.07. The number of piperidine rings is 1. The maximum atomic E-state index is 11.9. The molecule has 2 heterocycles. The second-order valence-electron chi connectivity index (χ2n) is 6.99. The summed E-state index contributed by atoms with van der Waals surface area (Å²) in [6.45, 7) is 0. The molecule has 1 aliphatic carbocycles. The lowest BCUT2D eigenvalue weighted by molar-refractivity contribution is -0.124. The molecule has 2 aromatic rings. The number of amides is 1. The van der Waals surface area contributed by atoms with E-state index in [9.17, 15) is 4.79 Å². The minimum atomic E-state index is -0.00378. The van der Waals surface area contributed by atoms with Gasteiger partial charge in [-0.2, -0.15) is 0 Å². The number of carbonyl (C=O) groups is 1. The fraction of sp³-hybridized carbons (Fsp3) is 0.474. The van der Waals surface area contributed by atoms with Crippen LogP contribution in [0.5, 0.6) is 0 Å². The summed E-state index contributed by atoms with van der Waals surface area (Å²) < 4.78 is 2.00. The lowest BCUT2D eigenvalue weighted by Gasteiger charge is -2.37. The molecule has 126 valence electrons. The van der Waals surface area contributed by atoms with Crippen molar-refractivity contribution in [1.82, 2.24) is 20.2 Å². The van der Waals surface area contributed by atoms with Gasteiger partial charge in [0, 0.05) is 25.6 Å². The summed E-state index contributed by atoms with van der Waals surface area (Å²) in [5.41, 5.74) is 4.01. The van der Waals surface area contributed by atoms with Crippen LogP contribution in [0.15, 0.2) is 36.8 Å². The van der Waals surface area contributed by atoms with Crippen LogP contribution in [0.2, 0.25) is 0 Å². The molecule has 1 aromatic carbocycles. The quantitative estimate of drug-likeness (QED) is 0.906. The van der Waals surface area contributed by atoms with E-state index < -0.39 is 0 Å². The maximum Gasteiger partial charge on any atom is 0.220 e. The third-order valence-electron chi connectivity index (χ3n) is 5.37. The predicted octanol–water partition coefficient (Wildman–Crippen LogP) is 1.89. The summed E-state index contributed by atoms with van der Waals surface area (Å²) in [4.78, 5) is 16.1. The Hall–Kier alpha value is -2.14. The molecule has 0 bridgehead atoms. The van der Waals surface area contributed by atoms with Crippen molar-refractivity contribution in [3.05, 3.63) is 53.6 Å². The minimum absolute atomic E-state index is 0.00378. The summed E-state index contributed by atoms with van der Waals surface area (Å²) in [6.07, 6.45) is 8.47. The highest BCUT2D eigenvalue weighted by Crippen LogP contribution is 2.27. The van der Waals surface area contributed by atoms with Gasteiger partial charge in [-0.15, -0.1) is 0 Å². The van der Waals surface area contributed by atoms with E-state index in [0.717, 1.165) is 31.4 Å². The Labute approximate surface area is 142 Å². The van der Waals surface area contributed by atoms with E-state index in [1.54, 1.807) is 6.33 Å². The summed E-state index contributed by atoms with van der Waals surface area (Å²) in [7, 11) is 1.98. The van der Waals surface area contributed by atoms with Crippen LogP contribution in [0, 0.1) is 0 Å². The molecule has 0 radical (unpaired) electrons. The van der Waals surface area contributed by atoms with E-state index in [1.165, 1.54) is 11.1 Å². The lowest BCUT2D eigenvalue weighted by atomic mass is 9.86. The molecule has 1 fully saturated rings. The van der Waals surface area contributed by atoms with Crippen LogP contribution in [-0.2, 0) is 24.7 Å². The van der Waals surface area contributed by atoms with E-state index in [-0.39, 0.29) is 18.0 Å². The number of aromatic nitrogens is 2. The SMILES string of the molecule is Cn1cncc1[C@@H]1NC(=O)CC[C@H]1N[C@H]1CCc2ccccc2C1. The number of rotatable bonds is 3. The normalized spacial score (nSPS) is 26.7. The van der Waals surface area contributed by atoms with Crippen LogP contribution >= 0.6 is 0 Å². The number of hydrogen-bond acceptors (Lipinski definition) is 3. The Bertz CT molecular complexity index is 738. The molecule has 2 aliphatic rings. The molecule has 24 heavy (non-hydrogen) atoms. The van der Waals surface area contributed by atoms with Gasteiger partial charge in [0.15, 0.2) is 0 Å². The number of imidazole rings is 1. The predicted molar refractivity (Wildman–Crippen MR) is 92.5 cm³/mol. The highest BCUT2D eigenvalue weighted by Gasteiger charge is 2.33.